The number of nitrogens with two attached hydrogens (primary N) is 1. The summed E-state index contributed by atoms with van der Waals surface area (Å²) in [7, 11) is 3.59. The van der Waals surface area contributed by atoms with E-state index in [1.54, 1.807) is 22.8 Å². The molecular formula is C14H19N5O. The van der Waals surface area contributed by atoms with Crippen LogP contribution in [0.2, 0.25) is 0 Å². The summed E-state index contributed by atoms with van der Waals surface area (Å²) in [6.45, 7) is 0.964. The summed E-state index contributed by atoms with van der Waals surface area (Å²) in [6, 6.07) is 7.35. The van der Waals surface area contributed by atoms with Crippen LogP contribution in [0.4, 0.5) is 10.5 Å². The number of rotatable bonds is 4. The summed E-state index contributed by atoms with van der Waals surface area (Å²) in [4.78, 5) is 13.7. The fourth-order valence-corrected chi connectivity index (χ4v) is 1.89. The van der Waals surface area contributed by atoms with Gasteiger partial charge in [-0.2, -0.15) is 5.10 Å². The third-order valence-electron chi connectivity index (χ3n) is 2.94. The first-order valence-electron chi connectivity index (χ1n) is 6.37. The summed E-state index contributed by atoms with van der Waals surface area (Å²) >= 11 is 0. The summed E-state index contributed by atoms with van der Waals surface area (Å²) in [6.07, 6.45) is 3.64. The number of carbonyl (C=O) groups excluding carboxylic acids is 1. The van der Waals surface area contributed by atoms with E-state index in [-0.39, 0.29) is 6.03 Å². The zero-order valence-electron chi connectivity index (χ0n) is 11.7. The van der Waals surface area contributed by atoms with E-state index in [1.165, 1.54) is 0 Å². The predicted molar refractivity (Wildman–Crippen MR) is 78.0 cm³/mol. The summed E-state index contributed by atoms with van der Waals surface area (Å²) < 4.78 is 1.71. The smallest absolute Gasteiger partial charge is 0.321 e. The van der Waals surface area contributed by atoms with Gasteiger partial charge in [0, 0.05) is 38.1 Å². The van der Waals surface area contributed by atoms with Gasteiger partial charge in [-0.3, -0.25) is 4.68 Å². The van der Waals surface area contributed by atoms with Crippen LogP contribution in [-0.4, -0.2) is 27.8 Å². The lowest BCUT2D eigenvalue weighted by molar-refractivity contribution is 0.220. The van der Waals surface area contributed by atoms with Crippen molar-refractivity contribution in [2.24, 2.45) is 12.8 Å². The Balaban J connectivity index is 1.96. The number of carbonyl (C=O) groups is 1. The van der Waals surface area contributed by atoms with Crippen molar-refractivity contribution in [1.82, 2.24) is 14.7 Å². The monoisotopic (exact) mass is 273 g/mol. The van der Waals surface area contributed by atoms with Crippen molar-refractivity contribution in [3.05, 3.63) is 47.8 Å². The Hall–Kier alpha value is -2.34. The Kier molecular flexibility index (Phi) is 4.37. The van der Waals surface area contributed by atoms with Crippen LogP contribution in [0.25, 0.3) is 0 Å². The van der Waals surface area contributed by atoms with Gasteiger partial charge in [0.2, 0.25) is 0 Å². The molecule has 1 heterocycles. The van der Waals surface area contributed by atoms with E-state index in [0.717, 1.165) is 16.8 Å². The molecule has 0 bridgehead atoms. The number of hydrogen-bond donors (Lipinski definition) is 2. The van der Waals surface area contributed by atoms with E-state index in [2.05, 4.69) is 10.4 Å². The van der Waals surface area contributed by atoms with Gasteiger partial charge in [-0.25, -0.2) is 4.79 Å². The highest BCUT2D eigenvalue weighted by Crippen LogP contribution is 2.11. The number of nitrogens with one attached hydrogen (secondary N) is 1. The molecule has 0 saturated carbocycles. The summed E-state index contributed by atoms with van der Waals surface area (Å²) in [5, 5.41) is 6.93. The molecule has 0 saturated heterocycles. The average Bonchev–Trinajstić information content (AvgIpc) is 2.84. The summed E-state index contributed by atoms with van der Waals surface area (Å²) in [5.41, 5.74) is 8.30. The highest BCUT2D eigenvalue weighted by molar-refractivity contribution is 5.89. The molecule has 106 valence electrons. The Morgan fingerprint density at radius 1 is 1.45 bits per heavy atom. The number of benzene rings is 1. The average molecular weight is 273 g/mol. The fraction of sp³-hybridized carbons (Fsp3) is 0.286. The first-order chi connectivity index (χ1) is 9.58. The van der Waals surface area contributed by atoms with Crippen molar-refractivity contribution < 1.29 is 4.79 Å². The Morgan fingerprint density at radius 2 is 2.25 bits per heavy atom. The second-order valence-corrected chi connectivity index (χ2v) is 4.71. The first-order valence-corrected chi connectivity index (χ1v) is 6.37. The molecule has 0 atom stereocenters. The van der Waals surface area contributed by atoms with E-state index in [4.69, 9.17) is 5.73 Å². The van der Waals surface area contributed by atoms with Gasteiger partial charge in [-0.1, -0.05) is 12.1 Å². The number of nitrogens with zero attached hydrogens (tertiary/aromatic N) is 3. The molecule has 1 aromatic heterocycles. The second kappa shape index (κ2) is 6.21. The van der Waals surface area contributed by atoms with Gasteiger partial charge in [0.1, 0.15) is 0 Å². The minimum Gasteiger partial charge on any atom is -0.326 e. The quantitative estimate of drug-likeness (QED) is 0.887. The van der Waals surface area contributed by atoms with Crippen molar-refractivity contribution in [3.8, 4) is 0 Å². The molecule has 2 rings (SSSR count). The molecule has 0 fully saturated rings. The molecule has 0 unspecified atom stereocenters. The fourth-order valence-electron chi connectivity index (χ4n) is 1.89. The maximum absolute atomic E-state index is 12.1. The minimum atomic E-state index is -0.164. The molecular weight excluding hydrogens is 254 g/mol. The Labute approximate surface area is 118 Å². The molecule has 2 aromatic rings. The van der Waals surface area contributed by atoms with E-state index in [1.807, 2.05) is 37.5 Å². The second-order valence-electron chi connectivity index (χ2n) is 4.71. The van der Waals surface area contributed by atoms with Crippen molar-refractivity contribution in [2.45, 2.75) is 13.1 Å². The molecule has 0 aliphatic heterocycles. The predicted octanol–water partition coefficient (Wildman–Crippen LogP) is 1.54. The van der Waals surface area contributed by atoms with Gasteiger partial charge >= 0.3 is 6.03 Å². The zero-order chi connectivity index (χ0) is 14.5. The van der Waals surface area contributed by atoms with Gasteiger partial charge in [0.05, 0.1) is 12.7 Å². The van der Waals surface area contributed by atoms with Crippen LogP contribution in [0.1, 0.15) is 11.1 Å². The number of anilines is 1. The largest absolute Gasteiger partial charge is 0.326 e. The molecule has 20 heavy (non-hydrogen) atoms. The SMILES string of the molecule is CN(Cc1cnn(C)c1)C(=O)Nc1cccc(CN)c1. The van der Waals surface area contributed by atoms with Gasteiger partial charge in [-0.05, 0) is 17.7 Å². The van der Waals surface area contributed by atoms with Gasteiger partial charge < -0.3 is 16.0 Å². The maximum Gasteiger partial charge on any atom is 0.321 e. The molecule has 3 N–H and O–H groups in total. The van der Waals surface area contributed by atoms with Gasteiger partial charge in [0.15, 0.2) is 0 Å². The van der Waals surface area contributed by atoms with Crippen LogP contribution in [0, 0.1) is 0 Å². The van der Waals surface area contributed by atoms with E-state index >= 15 is 0 Å². The number of urea groups is 1. The lowest BCUT2D eigenvalue weighted by Gasteiger charge is -2.17. The van der Waals surface area contributed by atoms with Crippen molar-refractivity contribution in [2.75, 3.05) is 12.4 Å². The minimum absolute atomic E-state index is 0.164. The zero-order valence-corrected chi connectivity index (χ0v) is 11.7. The van der Waals surface area contributed by atoms with Crippen LogP contribution in [0.3, 0.4) is 0 Å². The first kappa shape index (κ1) is 14.1. The molecule has 6 heteroatoms. The third-order valence-corrected chi connectivity index (χ3v) is 2.94. The maximum atomic E-state index is 12.1. The van der Waals surface area contributed by atoms with Crippen LogP contribution >= 0.6 is 0 Å². The van der Waals surface area contributed by atoms with Crippen LogP contribution in [0.15, 0.2) is 36.7 Å². The lowest BCUT2D eigenvalue weighted by Crippen LogP contribution is -2.30. The van der Waals surface area contributed by atoms with E-state index < -0.39 is 0 Å². The van der Waals surface area contributed by atoms with Gasteiger partial charge in [0.25, 0.3) is 0 Å². The number of aromatic nitrogens is 2. The molecule has 0 aliphatic carbocycles. The molecule has 1 aromatic carbocycles. The highest BCUT2D eigenvalue weighted by Gasteiger charge is 2.10. The van der Waals surface area contributed by atoms with Crippen molar-refractivity contribution in [3.63, 3.8) is 0 Å². The van der Waals surface area contributed by atoms with Crippen molar-refractivity contribution in [1.29, 1.82) is 0 Å². The molecule has 6 nitrogen and oxygen atoms in total. The standard InChI is InChI=1S/C14H19N5O/c1-18(9-12-8-16-19(2)10-12)14(20)17-13-5-3-4-11(6-13)7-15/h3-6,8,10H,7,9,15H2,1-2H3,(H,17,20). The molecule has 0 spiro atoms. The Morgan fingerprint density at radius 3 is 2.90 bits per heavy atom. The lowest BCUT2D eigenvalue weighted by atomic mass is 10.2. The highest BCUT2D eigenvalue weighted by atomic mass is 16.2. The molecule has 0 aliphatic rings. The number of aryl methyl sites for hydroxylation is 1. The van der Waals surface area contributed by atoms with Crippen LogP contribution < -0.4 is 11.1 Å². The number of amides is 2. The van der Waals surface area contributed by atoms with Crippen molar-refractivity contribution >= 4 is 11.7 Å². The summed E-state index contributed by atoms with van der Waals surface area (Å²) in [5.74, 6) is 0. The number of hydrogen-bond acceptors (Lipinski definition) is 3. The normalized spacial score (nSPS) is 10.3. The Bertz CT molecular complexity index is 593. The molecule has 2 amide bonds. The topological polar surface area (TPSA) is 76.2 Å². The van der Waals surface area contributed by atoms with Gasteiger partial charge in [-0.15, -0.1) is 0 Å². The van der Waals surface area contributed by atoms with Crippen LogP contribution in [0.5, 0.6) is 0 Å². The van der Waals surface area contributed by atoms with Crippen LogP contribution in [-0.2, 0) is 20.1 Å². The molecule has 0 radical (unpaired) electrons. The third kappa shape index (κ3) is 3.58. The van der Waals surface area contributed by atoms with E-state index in [9.17, 15) is 4.79 Å². The van der Waals surface area contributed by atoms with E-state index in [0.29, 0.717) is 13.1 Å².